The lowest BCUT2D eigenvalue weighted by molar-refractivity contribution is 0.629. The number of pyridine rings is 2. The molecule has 134 valence electrons. The van der Waals surface area contributed by atoms with Gasteiger partial charge in [-0.15, -0.1) is 0 Å². The summed E-state index contributed by atoms with van der Waals surface area (Å²) in [7, 11) is 0. The first-order valence-corrected chi connectivity index (χ1v) is 8.97. The van der Waals surface area contributed by atoms with E-state index in [2.05, 4.69) is 4.98 Å². The van der Waals surface area contributed by atoms with Gasteiger partial charge in [-0.3, -0.25) is 14.3 Å². The molecule has 0 unspecified atom stereocenters. The molecule has 0 radical (unpaired) electrons. The van der Waals surface area contributed by atoms with Crippen molar-refractivity contribution in [3.05, 3.63) is 107 Å². The van der Waals surface area contributed by atoms with Crippen molar-refractivity contribution < 1.29 is 4.39 Å². The molecule has 2 heterocycles. The number of hydrogen-bond donors (Lipinski definition) is 0. The Hall–Kier alpha value is -3.79. The molecule has 0 aliphatic carbocycles. The molecule has 5 aromatic rings. The summed E-state index contributed by atoms with van der Waals surface area (Å²) in [4.78, 5) is 18.0. The van der Waals surface area contributed by atoms with Crippen molar-refractivity contribution in [1.82, 2.24) is 9.55 Å². The summed E-state index contributed by atoms with van der Waals surface area (Å²) in [5.41, 5.74) is 2.81. The van der Waals surface area contributed by atoms with Gasteiger partial charge in [-0.2, -0.15) is 0 Å². The smallest absolute Gasteiger partial charge is 0.263 e. The Bertz CT molecular complexity index is 1390. The Morgan fingerprint density at radius 1 is 0.786 bits per heavy atom. The van der Waals surface area contributed by atoms with Crippen LogP contribution in [0.4, 0.5) is 4.39 Å². The lowest BCUT2D eigenvalue weighted by Gasteiger charge is -2.16. The number of rotatable bonds is 2. The number of hydrogen-bond acceptors (Lipinski definition) is 2. The Morgan fingerprint density at radius 3 is 2.46 bits per heavy atom. The molecular weight excluding hydrogens is 351 g/mol. The molecule has 4 heteroatoms. The zero-order valence-electron chi connectivity index (χ0n) is 14.8. The largest absolute Gasteiger partial charge is 0.274 e. The van der Waals surface area contributed by atoms with Crippen LogP contribution in [-0.4, -0.2) is 9.55 Å². The summed E-state index contributed by atoms with van der Waals surface area (Å²) in [6.07, 6.45) is 1.72. The van der Waals surface area contributed by atoms with E-state index in [0.717, 1.165) is 16.5 Å². The summed E-state index contributed by atoms with van der Waals surface area (Å²) in [6, 6.07) is 25.4. The second kappa shape index (κ2) is 6.43. The molecule has 0 amide bonds. The van der Waals surface area contributed by atoms with Gasteiger partial charge < -0.3 is 0 Å². The first kappa shape index (κ1) is 16.4. The summed E-state index contributed by atoms with van der Waals surface area (Å²) < 4.78 is 15.5. The molecule has 5 rings (SSSR count). The predicted molar refractivity (Wildman–Crippen MR) is 110 cm³/mol. The van der Waals surface area contributed by atoms with E-state index in [1.807, 2.05) is 66.7 Å². The quantitative estimate of drug-likeness (QED) is 0.422. The van der Waals surface area contributed by atoms with Crippen LogP contribution < -0.4 is 5.56 Å². The van der Waals surface area contributed by atoms with Crippen molar-refractivity contribution in [2.75, 3.05) is 0 Å². The van der Waals surface area contributed by atoms with E-state index in [9.17, 15) is 9.18 Å². The van der Waals surface area contributed by atoms with Crippen LogP contribution in [0.1, 0.15) is 0 Å². The van der Waals surface area contributed by atoms with E-state index in [1.165, 1.54) is 18.2 Å². The molecule has 0 fully saturated rings. The Morgan fingerprint density at radius 2 is 1.61 bits per heavy atom. The lowest BCUT2D eigenvalue weighted by atomic mass is 10.0. The minimum atomic E-state index is -0.365. The Kier molecular flexibility index (Phi) is 3.76. The highest BCUT2D eigenvalue weighted by atomic mass is 19.1. The Labute approximate surface area is 160 Å². The van der Waals surface area contributed by atoms with Gasteiger partial charge in [0, 0.05) is 17.0 Å². The van der Waals surface area contributed by atoms with E-state index in [4.69, 9.17) is 0 Å². The maximum atomic E-state index is 13.8. The van der Waals surface area contributed by atoms with Crippen LogP contribution in [0.15, 0.2) is 95.9 Å². The van der Waals surface area contributed by atoms with Crippen LogP contribution in [0.3, 0.4) is 0 Å². The molecule has 2 aromatic heterocycles. The van der Waals surface area contributed by atoms with Crippen molar-refractivity contribution in [3.63, 3.8) is 0 Å². The second-order valence-corrected chi connectivity index (χ2v) is 6.62. The fourth-order valence-corrected chi connectivity index (χ4v) is 3.62. The number of para-hydroxylation sites is 1. The molecule has 0 aliphatic rings. The van der Waals surface area contributed by atoms with Crippen LogP contribution in [0, 0.1) is 5.82 Å². The van der Waals surface area contributed by atoms with Crippen LogP contribution in [-0.2, 0) is 0 Å². The minimum Gasteiger partial charge on any atom is -0.274 e. The molecule has 3 nitrogen and oxygen atoms in total. The molecule has 28 heavy (non-hydrogen) atoms. The summed E-state index contributed by atoms with van der Waals surface area (Å²) in [6.45, 7) is 0. The molecule has 3 aromatic carbocycles. The van der Waals surface area contributed by atoms with E-state index < -0.39 is 0 Å². The van der Waals surface area contributed by atoms with Gasteiger partial charge in [0.1, 0.15) is 5.82 Å². The minimum absolute atomic E-state index is 0.200. The second-order valence-electron chi connectivity index (χ2n) is 6.62. The zero-order chi connectivity index (χ0) is 19.1. The average Bonchev–Trinajstić information content (AvgIpc) is 2.74. The number of benzene rings is 3. The normalized spacial score (nSPS) is 11.2. The molecule has 0 atom stereocenters. The van der Waals surface area contributed by atoms with Gasteiger partial charge in [0.2, 0.25) is 0 Å². The van der Waals surface area contributed by atoms with Crippen LogP contribution in [0.25, 0.3) is 38.6 Å². The third-order valence-electron chi connectivity index (χ3n) is 4.90. The third kappa shape index (κ3) is 2.58. The van der Waals surface area contributed by atoms with Crippen molar-refractivity contribution >= 4 is 21.7 Å². The number of fused-ring (bicyclic) bond motifs is 2. The summed E-state index contributed by atoms with van der Waals surface area (Å²) in [5, 5.41) is 1.99. The highest BCUT2D eigenvalue weighted by Gasteiger charge is 2.15. The first-order valence-electron chi connectivity index (χ1n) is 8.97. The van der Waals surface area contributed by atoms with E-state index in [-0.39, 0.29) is 11.4 Å². The van der Waals surface area contributed by atoms with Gasteiger partial charge in [0.15, 0.2) is 0 Å². The van der Waals surface area contributed by atoms with Gasteiger partial charge in [0.05, 0.1) is 16.9 Å². The molecule has 0 bridgehead atoms. The molecule has 0 saturated carbocycles. The van der Waals surface area contributed by atoms with Gasteiger partial charge in [-0.1, -0.05) is 48.5 Å². The van der Waals surface area contributed by atoms with Crippen molar-refractivity contribution in [2.45, 2.75) is 0 Å². The third-order valence-corrected chi connectivity index (χ3v) is 4.90. The molecule has 0 saturated heterocycles. The van der Waals surface area contributed by atoms with Gasteiger partial charge in [-0.05, 0) is 47.3 Å². The molecular formula is C24H15FN2O. The number of aromatic nitrogens is 2. The molecule has 0 aliphatic heterocycles. The summed E-state index contributed by atoms with van der Waals surface area (Å²) in [5.74, 6) is -0.365. The highest BCUT2D eigenvalue weighted by molar-refractivity contribution is 5.90. The lowest BCUT2D eigenvalue weighted by Crippen LogP contribution is -2.21. The van der Waals surface area contributed by atoms with Crippen LogP contribution in [0.5, 0.6) is 0 Å². The van der Waals surface area contributed by atoms with Crippen molar-refractivity contribution in [3.8, 4) is 16.9 Å². The maximum Gasteiger partial charge on any atom is 0.263 e. The predicted octanol–water partition coefficient (Wildman–Crippen LogP) is 5.35. The monoisotopic (exact) mass is 366 g/mol. The van der Waals surface area contributed by atoms with Gasteiger partial charge >= 0.3 is 0 Å². The topological polar surface area (TPSA) is 34.9 Å². The molecule has 0 N–H and O–H groups in total. The van der Waals surface area contributed by atoms with Crippen molar-refractivity contribution in [1.29, 1.82) is 0 Å². The SMILES string of the molecule is O=c1c2ccc(F)cc2cc(-c2ccccc2)n1-c1cccc2cccnc12. The van der Waals surface area contributed by atoms with Crippen molar-refractivity contribution in [2.24, 2.45) is 0 Å². The zero-order valence-corrected chi connectivity index (χ0v) is 14.8. The van der Waals surface area contributed by atoms with E-state index >= 15 is 0 Å². The maximum absolute atomic E-state index is 13.8. The number of halogens is 1. The molecule has 0 spiro atoms. The fourth-order valence-electron chi connectivity index (χ4n) is 3.62. The van der Waals surface area contributed by atoms with E-state index in [0.29, 0.717) is 22.2 Å². The first-order chi connectivity index (χ1) is 13.7. The van der Waals surface area contributed by atoms with Crippen LogP contribution in [0.2, 0.25) is 0 Å². The highest BCUT2D eigenvalue weighted by Crippen LogP contribution is 2.28. The van der Waals surface area contributed by atoms with Crippen LogP contribution >= 0.6 is 0 Å². The fraction of sp³-hybridized carbons (Fsp3) is 0. The standard InChI is InChI=1S/C24H15FN2O/c25-19-11-12-20-18(14-19)15-22(16-6-2-1-3-7-16)27(24(20)28)21-10-4-8-17-9-5-13-26-23(17)21/h1-15H. The summed E-state index contributed by atoms with van der Waals surface area (Å²) >= 11 is 0. The Balaban J connectivity index is 1.96. The van der Waals surface area contributed by atoms with Gasteiger partial charge in [-0.25, -0.2) is 4.39 Å². The van der Waals surface area contributed by atoms with E-state index in [1.54, 1.807) is 10.8 Å². The van der Waals surface area contributed by atoms with Gasteiger partial charge in [0.25, 0.3) is 5.56 Å². The number of nitrogens with zero attached hydrogens (tertiary/aromatic N) is 2. The average molecular weight is 366 g/mol.